The first kappa shape index (κ1) is 10.5. The first-order valence-electron chi connectivity index (χ1n) is 5.17. The van der Waals surface area contributed by atoms with Crippen LogP contribution < -0.4 is 5.73 Å². The molecule has 2 rings (SSSR count). The van der Waals surface area contributed by atoms with Crippen LogP contribution >= 0.6 is 22.9 Å². The van der Waals surface area contributed by atoms with Gasteiger partial charge >= 0.3 is 0 Å². The summed E-state index contributed by atoms with van der Waals surface area (Å²) >= 11 is 7.96. The van der Waals surface area contributed by atoms with E-state index in [1.165, 1.54) is 29.0 Å². The largest absolute Gasteiger partial charge is 0.321 e. The summed E-state index contributed by atoms with van der Waals surface area (Å²) in [5, 5.41) is 0.872. The highest BCUT2D eigenvalue weighted by molar-refractivity contribution is 7.12. The Kier molecular flexibility index (Phi) is 2.87. The number of aryl methyl sites for hydroxylation is 1. The zero-order valence-electron chi connectivity index (χ0n) is 8.48. The lowest BCUT2D eigenvalue weighted by Crippen LogP contribution is -2.37. The van der Waals surface area contributed by atoms with Crippen LogP contribution in [0.5, 0.6) is 0 Å². The number of halogens is 1. The summed E-state index contributed by atoms with van der Waals surface area (Å²) in [5.74, 6) is 0. The number of nitrogens with two attached hydrogens (primary N) is 1. The Bertz CT molecular complexity index is 326. The van der Waals surface area contributed by atoms with Crippen LogP contribution in [-0.4, -0.2) is 0 Å². The molecule has 0 unspecified atom stereocenters. The van der Waals surface area contributed by atoms with Crippen molar-refractivity contribution in [3.8, 4) is 0 Å². The molecule has 0 bridgehead atoms. The average molecular weight is 230 g/mol. The molecule has 3 heteroatoms. The number of rotatable bonds is 1. The summed E-state index contributed by atoms with van der Waals surface area (Å²) in [5.41, 5.74) is 6.29. The normalized spacial score (nSPS) is 21.1. The molecule has 0 aliphatic heterocycles. The van der Waals surface area contributed by atoms with Crippen molar-refractivity contribution >= 4 is 22.9 Å². The van der Waals surface area contributed by atoms with Gasteiger partial charge in [0.05, 0.1) is 10.6 Å². The van der Waals surface area contributed by atoms with E-state index in [0.717, 1.165) is 17.9 Å². The third-order valence-electron chi connectivity index (χ3n) is 3.01. The molecule has 0 saturated heterocycles. The third kappa shape index (κ3) is 1.83. The summed E-state index contributed by atoms with van der Waals surface area (Å²) in [4.78, 5) is 2.47. The highest BCUT2D eigenvalue weighted by Crippen LogP contribution is 2.42. The highest BCUT2D eigenvalue weighted by atomic mass is 35.5. The van der Waals surface area contributed by atoms with Gasteiger partial charge in [-0.2, -0.15) is 0 Å². The van der Waals surface area contributed by atoms with Crippen molar-refractivity contribution in [2.75, 3.05) is 0 Å². The smallest absolute Gasteiger partial charge is 0.0566 e. The third-order valence-corrected chi connectivity index (χ3v) is 4.69. The van der Waals surface area contributed by atoms with E-state index >= 15 is 0 Å². The van der Waals surface area contributed by atoms with Gasteiger partial charge in [-0.25, -0.2) is 0 Å². The fraction of sp³-hybridized carbons (Fsp3) is 0.636. The van der Waals surface area contributed by atoms with E-state index in [1.54, 1.807) is 11.3 Å². The predicted molar refractivity (Wildman–Crippen MR) is 63.0 cm³/mol. The Morgan fingerprint density at radius 1 is 1.36 bits per heavy atom. The number of hydrogen-bond acceptors (Lipinski definition) is 2. The minimum atomic E-state index is -0.131. The molecule has 0 amide bonds. The van der Waals surface area contributed by atoms with Crippen LogP contribution in [0, 0.1) is 6.92 Å². The van der Waals surface area contributed by atoms with Crippen molar-refractivity contribution in [1.29, 1.82) is 0 Å². The fourth-order valence-electron chi connectivity index (χ4n) is 2.23. The zero-order chi connectivity index (χ0) is 10.2. The van der Waals surface area contributed by atoms with E-state index in [9.17, 15) is 0 Å². The first-order chi connectivity index (χ1) is 6.62. The summed E-state index contributed by atoms with van der Waals surface area (Å²) in [6.07, 6.45) is 5.98. The Morgan fingerprint density at radius 2 is 2.00 bits per heavy atom. The fourth-order valence-corrected chi connectivity index (χ4v) is 3.83. The van der Waals surface area contributed by atoms with E-state index in [0.29, 0.717) is 0 Å². The number of hydrogen-bond donors (Lipinski definition) is 1. The lowest BCUT2D eigenvalue weighted by atomic mass is 9.81. The van der Waals surface area contributed by atoms with Crippen LogP contribution in [0.1, 0.15) is 41.9 Å². The first-order valence-corrected chi connectivity index (χ1v) is 6.36. The van der Waals surface area contributed by atoms with Crippen molar-refractivity contribution in [2.24, 2.45) is 5.73 Å². The monoisotopic (exact) mass is 229 g/mol. The van der Waals surface area contributed by atoms with Crippen molar-refractivity contribution in [3.05, 3.63) is 20.8 Å². The topological polar surface area (TPSA) is 26.0 Å². The minimum Gasteiger partial charge on any atom is -0.321 e. The van der Waals surface area contributed by atoms with Crippen molar-refractivity contribution < 1.29 is 0 Å². The molecule has 2 N–H and O–H groups in total. The molecule has 1 aromatic heterocycles. The van der Waals surface area contributed by atoms with Crippen LogP contribution in [0.4, 0.5) is 0 Å². The van der Waals surface area contributed by atoms with Crippen molar-refractivity contribution in [3.63, 3.8) is 0 Å². The second-order valence-electron chi connectivity index (χ2n) is 4.25. The standard InChI is InChI=1S/C11H16ClNS/c1-8-7-9(12)10(14-8)11(13)5-3-2-4-6-11/h7H,2-6,13H2,1H3. The Balaban J connectivity index is 2.32. The van der Waals surface area contributed by atoms with Crippen molar-refractivity contribution in [2.45, 2.75) is 44.6 Å². The van der Waals surface area contributed by atoms with Gasteiger partial charge in [0.15, 0.2) is 0 Å². The molecular weight excluding hydrogens is 214 g/mol. The van der Waals surface area contributed by atoms with Gasteiger partial charge in [-0.05, 0) is 25.8 Å². The molecule has 1 aromatic rings. The molecule has 0 aromatic carbocycles. The lowest BCUT2D eigenvalue weighted by molar-refractivity contribution is 0.308. The molecule has 1 fully saturated rings. The maximum absolute atomic E-state index is 6.42. The molecule has 1 aliphatic carbocycles. The van der Waals surface area contributed by atoms with E-state index in [4.69, 9.17) is 17.3 Å². The molecule has 0 spiro atoms. The van der Waals surface area contributed by atoms with E-state index in [-0.39, 0.29) is 5.54 Å². The van der Waals surface area contributed by atoms with Crippen LogP contribution in [-0.2, 0) is 5.54 Å². The molecule has 1 saturated carbocycles. The summed E-state index contributed by atoms with van der Waals surface area (Å²) < 4.78 is 0. The Labute approximate surface area is 94.3 Å². The Morgan fingerprint density at radius 3 is 2.50 bits per heavy atom. The van der Waals surface area contributed by atoms with Crippen LogP contribution in [0.3, 0.4) is 0 Å². The van der Waals surface area contributed by atoms with Gasteiger partial charge < -0.3 is 5.73 Å². The van der Waals surface area contributed by atoms with E-state index in [1.807, 2.05) is 6.07 Å². The van der Waals surface area contributed by atoms with E-state index < -0.39 is 0 Å². The van der Waals surface area contributed by atoms with Gasteiger partial charge in [-0.1, -0.05) is 30.9 Å². The Hall–Kier alpha value is -0.0500. The van der Waals surface area contributed by atoms with Gasteiger partial charge in [0.25, 0.3) is 0 Å². The van der Waals surface area contributed by atoms with Crippen molar-refractivity contribution in [1.82, 2.24) is 0 Å². The highest BCUT2D eigenvalue weighted by Gasteiger charge is 2.32. The van der Waals surface area contributed by atoms with Gasteiger partial charge in [-0.15, -0.1) is 11.3 Å². The SMILES string of the molecule is Cc1cc(Cl)c(C2(N)CCCCC2)s1. The van der Waals surface area contributed by atoms with Crippen LogP contribution in [0.2, 0.25) is 5.02 Å². The lowest BCUT2D eigenvalue weighted by Gasteiger charge is -2.32. The quantitative estimate of drug-likeness (QED) is 0.778. The molecule has 78 valence electrons. The van der Waals surface area contributed by atoms with E-state index in [2.05, 4.69) is 6.92 Å². The second kappa shape index (κ2) is 3.84. The van der Waals surface area contributed by atoms with Crippen LogP contribution in [0.15, 0.2) is 6.07 Å². The maximum atomic E-state index is 6.42. The van der Waals surface area contributed by atoms with Gasteiger partial charge in [0.1, 0.15) is 0 Å². The molecule has 1 aliphatic rings. The molecule has 1 heterocycles. The van der Waals surface area contributed by atoms with Gasteiger partial charge in [-0.3, -0.25) is 0 Å². The van der Waals surface area contributed by atoms with Crippen LogP contribution in [0.25, 0.3) is 0 Å². The predicted octanol–water partition coefficient (Wildman–Crippen LogP) is 3.83. The summed E-state index contributed by atoms with van der Waals surface area (Å²) in [6, 6.07) is 2.03. The molecule has 0 atom stereocenters. The molecule has 14 heavy (non-hydrogen) atoms. The number of thiophene rings is 1. The molecule has 0 radical (unpaired) electrons. The summed E-state index contributed by atoms with van der Waals surface area (Å²) in [6.45, 7) is 2.09. The molecule has 1 nitrogen and oxygen atoms in total. The zero-order valence-corrected chi connectivity index (χ0v) is 10.0. The van der Waals surface area contributed by atoms with Gasteiger partial charge in [0.2, 0.25) is 0 Å². The average Bonchev–Trinajstić information content (AvgIpc) is 2.47. The summed E-state index contributed by atoms with van der Waals surface area (Å²) in [7, 11) is 0. The van der Waals surface area contributed by atoms with Gasteiger partial charge in [0, 0.05) is 9.75 Å². The molecular formula is C11H16ClNS. The maximum Gasteiger partial charge on any atom is 0.0566 e. The second-order valence-corrected chi connectivity index (χ2v) is 5.91. The minimum absolute atomic E-state index is 0.131.